The second kappa shape index (κ2) is 5.97. The fourth-order valence-electron chi connectivity index (χ4n) is 1.94. The first-order valence-corrected chi connectivity index (χ1v) is 6.47. The van der Waals surface area contributed by atoms with Gasteiger partial charge in [-0.25, -0.2) is 4.68 Å². The van der Waals surface area contributed by atoms with E-state index in [4.69, 9.17) is 16.4 Å². The van der Waals surface area contributed by atoms with Crippen LogP contribution in [0.25, 0.3) is 0 Å². The molecule has 0 aliphatic heterocycles. The molecule has 1 aromatic heterocycles. The molecule has 0 atom stereocenters. The van der Waals surface area contributed by atoms with E-state index >= 15 is 0 Å². The van der Waals surface area contributed by atoms with Gasteiger partial charge >= 0.3 is 0 Å². The summed E-state index contributed by atoms with van der Waals surface area (Å²) in [6, 6.07) is 6.77. The molecule has 1 N–H and O–H groups in total. The van der Waals surface area contributed by atoms with Crippen molar-refractivity contribution in [1.29, 1.82) is 0 Å². The summed E-state index contributed by atoms with van der Waals surface area (Å²) in [6.45, 7) is 1.60. The molecule has 0 saturated heterocycles. The van der Waals surface area contributed by atoms with Crippen molar-refractivity contribution in [3.63, 3.8) is 0 Å². The lowest BCUT2D eigenvalue weighted by atomic mass is 10.0. The summed E-state index contributed by atoms with van der Waals surface area (Å²) in [5, 5.41) is 18.5. The van der Waals surface area contributed by atoms with Crippen LogP contribution in [0.4, 0.5) is 0 Å². The third-order valence-electron chi connectivity index (χ3n) is 2.90. The maximum Gasteiger partial charge on any atom is 0.279 e. The maximum atomic E-state index is 12.3. The van der Waals surface area contributed by atoms with Gasteiger partial charge in [0.15, 0.2) is 5.75 Å². The highest BCUT2D eigenvalue weighted by Crippen LogP contribution is 2.22. The molecular weight excluding hydrogens is 294 g/mol. The first kappa shape index (κ1) is 15.1. The molecule has 0 spiro atoms. The molecular formula is C14H14ClN3O3. The highest BCUT2D eigenvalue weighted by Gasteiger charge is 2.21. The molecule has 1 heterocycles. The highest BCUT2D eigenvalue weighted by molar-refractivity contribution is 6.31. The third kappa shape index (κ3) is 2.90. The van der Waals surface area contributed by atoms with Gasteiger partial charge in [-0.1, -0.05) is 28.9 Å². The van der Waals surface area contributed by atoms with Gasteiger partial charge in [0.25, 0.3) is 5.56 Å². The van der Waals surface area contributed by atoms with Crippen molar-refractivity contribution in [3.8, 4) is 5.75 Å². The minimum absolute atomic E-state index is 0.0223. The van der Waals surface area contributed by atoms with E-state index in [1.165, 1.54) is 14.2 Å². The van der Waals surface area contributed by atoms with E-state index in [-0.39, 0.29) is 17.0 Å². The van der Waals surface area contributed by atoms with Gasteiger partial charge in [0, 0.05) is 17.6 Å². The molecule has 0 unspecified atom stereocenters. The van der Waals surface area contributed by atoms with Gasteiger partial charge in [-0.05, 0) is 19.1 Å². The summed E-state index contributed by atoms with van der Waals surface area (Å²) < 4.78 is 1.14. The molecule has 110 valence electrons. The summed E-state index contributed by atoms with van der Waals surface area (Å²) >= 11 is 5.96. The first-order chi connectivity index (χ1) is 9.95. The number of hydrogen-bond acceptors (Lipinski definition) is 5. The van der Waals surface area contributed by atoms with Gasteiger partial charge in [-0.2, -0.15) is 5.10 Å². The predicted molar refractivity (Wildman–Crippen MR) is 80.0 cm³/mol. The Balaban J connectivity index is 2.77. The standard InChI is InChI=1S/C14H14ClN3O3/c1-8-13(19)11(14(20)18(2)16-8)12(17-21-3)9-5-4-6-10(15)7-9/h4-7,19H,1-3H3/b17-12-. The topological polar surface area (TPSA) is 76.7 Å². The number of aromatic hydroxyl groups is 1. The fourth-order valence-corrected chi connectivity index (χ4v) is 2.14. The summed E-state index contributed by atoms with van der Waals surface area (Å²) in [7, 11) is 2.86. The molecule has 1 aromatic carbocycles. The third-order valence-corrected chi connectivity index (χ3v) is 3.14. The normalized spacial score (nSPS) is 11.5. The Morgan fingerprint density at radius 3 is 2.81 bits per heavy atom. The summed E-state index contributed by atoms with van der Waals surface area (Å²) in [5.41, 5.74) is 0.617. The van der Waals surface area contributed by atoms with Crippen molar-refractivity contribution in [1.82, 2.24) is 9.78 Å². The van der Waals surface area contributed by atoms with Crippen LogP contribution in [0.2, 0.25) is 5.02 Å². The van der Waals surface area contributed by atoms with Crippen molar-refractivity contribution in [2.24, 2.45) is 12.2 Å². The Morgan fingerprint density at radius 1 is 1.48 bits per heavy atom. The van der Waals surface area contributed by atoms with Gasteiger partial charge in [0.1, 0.15) is 24.1 Å². The zero-order valence-electron chi connectivity index (χ0n) is 11.8. The second-order valence-electron chi connectivity index (χ2n) is 4.37. The molecule has 0 aliphatic rings. The van der Waals surface area contributed by atoms with E-state index in [0.717, 1.165) is 4.68 Å². The first-order valence-electron chi connectivity index (χ1n) is 6.10. The van der Waals surface area contributed by atoms with Gasteiger partial charge < -0.3 is 9.94 Å². The SMILES string of the molecule is CO/N=C(/c1cccc(Cl)c1)c1c(O)c(C)nn(C)c1=O. The quantitative estimate of drug-likeness (QED) is 0.693. The number of hydrogen-bond donors (Lipinski definition) is 1. The molecule has 21 heavy (non-hydrogen) atoms. The highest BCUT2D eigenvalue weighted by atomic mass is 35.5. The molecule has 0 amide bonds. The number of nitrogens with zero attached hydrogens (tertiary/aromatic N) is 3. The average molecular weight is 308 g/mol. The molecule has 7 heteroatoms. The molecule has 2 aromatic rings. The minimum Gasteiger partial charge on any atom is -0.505 e. The van der Waals surface area contributed by atoms with E-state index in [2.05, 4.69) is 10.3 Å². The Bertz CT molecular complexity index is 769. The monoisotopic (exact) mass is 307 g/mol. The van der Waals surface area contributed by atoms with Crippen LogP contribution in [0.5, 0.6) is 5.75 Å². The van der Waals surface area contributed by atoms with E-state index in [0.29, 0.717) is 16.3 Å². The van der Waals surface area contributed by atoms with Crippen LogP contribution in [0, 0.1) is 6.92 Å². The summed E-state index contributed by atoms with van der Waals surface area (Å²) in [6.07, 6.45) is 0. The van der Waals surface area contributed by atoms with Crippen molar-refractivity contribution in [2.75, 3.05) is 7.11 Å². The Morgan fingerprint density at radius 2 is 2.19 bits per heavy atom. The number of oxime groups is 1. The summed E-state index contributed by atoms with van der Waals surface area (Å²) in [4.78, 5) is 17.1. The van der Waals surface area contributed by atoms with Gasteiger partial charge in [0.2, 0.25) is 0 Å². The predicted octanol–water partition coefficient (Wildman–Crippen LogP) is 1.85. The van der Waals surface area contributed by atoms with Gasteiger partial charge in [0.05, 0.1) is 0 Å². The van der Waals surface area contributed by atoms with Crippen LogP contribution in [0.1, 0.15) is 16.8 Å². The fraction of sp³-hybridized carbons (Fsp3) is 0.214. The van der Waals surface area contributed by atoms with Crippen LogP contribution in [0.15, 0.2) is 34.2 Å². The number of halogens is 1. The molecule has 6 nitrogen and oxygen atoms in total. The van der Waals surface area contributed by atoms with Crippen LogP contribution in [-0.2, 0) is 11.9 Å². The van der Waals surface area contributed by atoms with Crippen molar-refractivity contribution >= 4 is 17.3 Å². The molecule has 0 saturated carbocycles. The zero-order chi connectivity index (χ0) is 15.6. The van der Waals surface area contributed by atoms with E-state index < -0.39 is 5.56 Å². The van der Waals surface area contributed by atoms with E-state index in [1.54, 1.807) is 31.2 Å². The minimum atomic E-state index is -0.478. The number of aromatic nitrogens is 2. The molecule has 2 rings (SSSR count). The van der Waals surface area contributed by atoms with E-state index in [1.807, 2.05) is 0 Å². The lowest BCUT2D eigenvalue weighted by molar-refractivity contribution is 0.213. The number of aryl methyl sites for hydroxylation is 2. The maximum absolute atomic E-state index is 12.3. The van der Waals surface area contributed by atoms with Crippen molar-refractivity contribution in [2.45, 2.75) is 6.92 Å². The smallest absolute Gasteiger partial charge is 0.279 e. The van der Waals surface area contributed by atoms with Crippen molar-refractivity contribution in [3.05, 3.63) is 56.5 Å². The Hall–Kier alpha value is -2.34. The van der Waals surface area contributed by atoms with Crippen molar-refractivity contribution < 1.29 is 9.94 Å². The Kier molecular flexibility index (Phi) is 4.28. The molecule has 0 aliphatic carbocycles. The van der Waals surface area contributed by atoms with E-state index in [9.17, 15) is 9.90 Å². The number of benzene rings is 1. The number of rotatable bonds is 3. The summed E-state index contributed by atoms with van der Waals surface area (Å²) in [5.74, 6) is -0.228. The Labute approximate surface area is 126 Å². The van der Waals surface area contributed by atoms with Crippen LogP contribution in [-0.4, -0.2) is 27.7 Å². The van der Waals surface area contributed by atoms with Crippen LogP contribution in [0.3, 0.4) is 0 Å². The molecule has 0 bridgehead atoms. The van der Waals surface area contributed by atoms with Crippen LogP contribution >= 0.6 is 11.6 Å². The largest absolute Gasteiger partial charge is 0.505 e. The average Bonchev–Trinajstić information content (AvgIpc) is 2.44. The lowest BCUT2D eigenvalue weighted by Crippen LogP contribution is -2.28. The molecule has 0 fully saturated rings. The van der Waals surface area contributed by atoms with Gasteiger partial charge in [-0.15, -0.1) is 0 Å². The molecule has 0 radical (unpaired) electrons. The van der Waals surface area contributed by atoms with Crippen LogP contribution < -0.4 is 5.56 Å². The zero-order valence-corrected chi connectivity index (χ0v) is 12.5. The lowest BCUT2D eigenvalue weighted by Gasteiger charge is -2.11. The van der Waals surface area contributed by atoms with Gasteiger partial charge in [-0.3, -0.25) is 4.79 Å². The second-order valence-corrected chi connectivity index (χ2v) is 4.81.